The van der Waals surface area contributed by atoms with Crippen molar-refractivity contribution < 1.29 is 22.7 Å². The number of ether oxygens (including phenoxy) is 2. The van der Waals surface area contributed by atoms with Gasteiger partial charge in [0.25, 0.3) is 10.0 Å². The summed E-state index contributed by atoms with van der Waals surface area (Å²) in [5, 5.41) is 0. The molecule has 1 fully saturated rings. The monoisotopic (exact) mass is 443 g/mol. The summed E-state index contributed by atoms with van der Waals surface area (Å²) in [5.41, 5.74) is 1.46. The third kappa shape index (κ3) is 4.10. The highest BCUT2D eigenvalue weighted by Crippen LogP contribution is 2.39. The second-order valence-electron chi connectivity index (χ2n) is 7.44. The van der Waals surface area contributed by atoms with Gasteiger partial charge in [-0.15, -0.1) is 0 Å². The Morgan fingerprint density at radius 3 is 2.77 bits per heavy atom. The molecule has 0 aromatic heterocycles. The average molecular weight is 444 g/mol. The fraction of sp³-hybridized carbons (Fsp3) is 0.364. The van der Waals surface area contributed by atoms with Crippen LogP contribution < -0.4 is 14.2 Å². The molecule has 2 aliphatic heterocycles. The van der Waals surface area contributed by atoms with E-state index in [4.69, 9.17) is 9.47 Å². The number of nitrogens with zero attached hydrogens (tertiary/aromatic N) is 2. The lowest BCUT2D eigenvalue weighted by atomic mass is 10.0. The van der Waals surface area contributed by atoms with Crippen LogP contribution in [0.15, 0.2) is 52.4 Å². The van der Waals surface area contributed by atoms with Gasteiger partial charge in [0.1, 0.15) is 17.3 Å². The molecule has 2 aliphatic rings. The number of fused-ring (bicyclic) bond motifs is 1. The van der Waals surface area contributed by atoms with Crippen molar-refractivity contribution in [1.82, 2.24) is 9.62 Å². The van der Waals surface area contributed by atoms with Crippen LogP contribution in [0.4, 0.5) is 0 Å². The van der Waals surface area contributed by atoms with Crippen molar-refractivity contribution in [2.75, 3.05) is 27.3 Å². The zero-order valence-corrected chi connectivity index (χ0v) is 18.3. The van der Waals surface area contributed by atoms with E-state index in [9.17, 15) is 13.2 Å². The number of hydrogen-bond donors (Lipinski definition) is 1. The van der Waals surface area contributed by atoms with Gasteiger partial charge in [0.15, 0.2) is 0 Å². The first-order chi connectivity index (χ1) is 14.9. The zero-order valence-electron chi connectivity index (χ0n) is 17.5. The predicted octanol–water partition coefficient (Wildman–Crippen LogP) is 2.50. The molecule has 1 atom stereocenters. The van der Waals surface area contributed by atoms with Crippen LogP contribution in [0.5, 0.6) is 11.5 Å². The van der Waals surface area contributed by atoms with Crippen LogP contribution >= 0.6 is 0 Å². The van der Waals surface area contributed by atoms with Gasteiger partial charge < -0.3 is 14.4 Å². The Kier molecular flexibility index (Phi) is 5.86. The molecular formula is C22H25N3O5S. The van der Waals surface area contributed by atoms with Gasteiger partial charge in [-0.25, -0.2) is 8.42 Å². The van der Waals surface area contributed by atoms with Crippen LogP contribution in [0.1, 0.15) is 36.4 Å². The molecule has 0 spiro atoms. The number of amides is 1. The fourth-order valence-corrected chi connectivity index (χ4v) is 5.40. The predicted molar refractivity (Wildman–Crippen MR) is 116 cm³/mol. The number of sulfonamides is 1. The number of benzene rings is 2. The van der Waals surface area contributed by atoms with Crippen molar-refractivity contribution >= 4 is 21.8 Å². The molecule has 0 saturated carbocycles. The van der Waals surface area contributed by atoms with Crippen LogP contribution in [-0.2, 0) is 14.8 Å². The maximum atomic E-state index is 13.0. The minimum Gasteiger partial charge on any atom is -0.497 e. The maximum Gasteiger partial charge on any atom is 0.263 e. The molecule has 1 amide bonds. The number of likely N-dealkylation sites (tertiary alicyclic amines) is 1. The highest BCUT2D eigenvalue weighted by Gasteiger charge is 2.33. The molecule has 0 radical (unpaired) electrons. The van der Waals surface area contributed by atoms with E-state index in [1.54, 1.807) is 38.5 Å². The van der Waals surface area contributed by atoms with E-state index in [2.05, 4.69) is 9.71 Å². The minimum absolute atomic E-state index is 0.0223. The Balaban J connectivity index is 1.48. The van der Waals surface area contributed by atoms with Crippen LogP contribution in [-0.4, -0.2) is 52.4 Å². The molecule has 31 heavy (non-hydrogen) atoms. The van der Waals surface area contributed by atoms with Crippen molar-refractivity contribution in [3.8, 4) is 11.5 Å². The Morgan fingerprint density at radius 1 is 1.19 bits per heavy atom. The lowest BCUT2D eigenvalue weighted by Crippen LogP contribution is -2.31. The van der Waals surface area contributed by atoms with E-state index in [-0.39, 0.29) is 35.6 Å². The summed E-state index contributed by atoms with van der Waals surface area (Å²) in [6, 6.07) is 12.2. The molecule has 1 unspecified atom stereocenters. The summed E-state index contributed by atoms with van der Waals surface area (Å²) in [5.74, 6) is 1.71. The second kappa shape index (κ2) is 8.58. The number of carbonyl (C=O) groups is 1. The van der Waals surface area contributed by atoms with E-state index < -0.39 is 10.0 Å². The van der Waals surface area contributed by atoms with E-state index in [1.165, 1.54) is 0 Å². The number of nitrogens with one attached hydrogen (secondary N) is 1. The smallest absolute Gasteiger partial charge is 0.263 e. The molecule has 2 aromatic rings. The van der Waals surface area contributed by atoms with Crippen molar-refractivity contribution in [2.24, 2.45) is 4.99 Å². The Morgan fingerprint density at radius 2 is 2.00 bits per heavy atom. The van der Waals surface area contributed by atoms with Crippen LogP contribution in [0, 0.1) is 0 Å². The lowest BCUT2D eigenvalue weighted by Gasteiger charge is -2.26. The Hall–Kier alpha value is -3.07. The van der Waals surface area contributed by atoms with E-state index in [1.807, 2.05) is 23.1 Å². The molecule has 4 rings (SSSR count). The number of rotatable bonds is 6. The third-order valence-corrected chi connectivity index (χ3v) is 7.02. The van der Waals surface area contributed by atoms with Crippen molar-refractivity contribution in [3.05, 3.63) is 53.6 Å². The van der Waals surface area contributed by atoms with Crippen molar-refractivity contribution in [1.29, 1.82) is 0 Å². The van der Waals surface area contributed by atoms with Crippen LogP contribution in [0.2, 0.25) is 0 Å². The molecular weight excluding hydrogens is 418 g/mol. The van der Waals surface area contributed by atoms with Gasteiger partial charge in [-0.1, -0.05) is 12.1 Å². The molecule has 0 aliphatic carbocycles. The molecule has 9 heteroatoms. The molecule has 1 N–H and O–H groups in total. The number of hydrogen-bond acceptors (Lipinski definition) is 6. The normalized spacial score (nSPS) is 20.4. The Labute approximate surface area is 181 Å². The quantitative estimate of drug-likeness (QED) is 0.740. The van der Waals surface area contributed by atoms with Gasteiger partial charge in [-0.2, -0.15) is 0 Å². The average Bonchev–Trinajstić information content (AvgIpc) is 3.36. The first kappa shape index (κ1) is 21.2. The van der Waals surface area contributed by atoms with Gasteiger partial charge in [0, 0.05) is 24.1 Å². The first-order valence-corrected chi connectivity index (χ1v) is 11.6. The first-order valence-electron chi connectivity index (χ1n) is 10.1. The molecule has 1 saturated heterocycles. The lowest BCUT2D eigenvalue weighted by molar-refractivity contribution is -0.131. The maximum absolute atomic E-state index is 13.0. The largest absolute Gasteiger partial charge is 0.497 e. The van der Waals surface area contributed by atoms with Crippen LogP contribution in [0.25, 0.3) is 0 Å². The standard InChI is InChI=1S/C22H25N3O5S/c1-29-15-9-10-19(30-2)17(14-15)18-7-5-13-25(18)21(26)11-12-23-22-16-6-3-4-8-20(16)31(27,28)24-22/h3-4,6,8-10,14,18H,5,7,11-13H2,1-2H3,(H,23,24). The number of amidine groups is 1. The highest BCUT2D eigenvalue weighted by molar-refractivity contribution is 7.90. The summed E-state index contributed by atoms with van der Waals surface area (Å²) in [4.78, 5) is 19.4. The summed E-state index contributed by atoms with van der Waals surface area (Å²) >= 11 is 0. The van der Waals surface area contributed by atoms with Gasteiger partial charge in [-0.3, -0.25) is 14.5 Å². The fourth-order valence-electron chi connectivity index (χ4n) is 4.15. The van der Waals surface area contributed by atoms with Gasteiger partial charge in [0.2, 0.25) is 5.91 Å². The van der Waals surface area contributed by atoms with E-state index in [0.29, 0.717) is 17.9 Å². The summed E-state index contributed by atoms with van der Waals surface area (Å²) in [7, 11) is -0.359. The number of methoxy groups -OCH3 is 2. The van der Waals surface area contributed by atoms with E-state index >= 15 is 0 Å². The summed E-state index contributed by atoms with van der Waals surface area (Å²) in [6.45, 7) is 0.861. The molecule has 8 nitrogen and oxygen atoms in total. The summed E-state index contributed by atoms with van der Waals surface area (Å²) < 4.78 is 37.7. The molecule has 0 bridgehead atoms. The minimum atomic E-state index is -3.58. The van der Waals surface area contributed by atoms with Gasteiger partial charge >= 0.3 is 0 Å². The van der Waals surface area contributed by atoms with Gasteiger partial charge in [-0.05, 0) is 43.2 Å². The number of aliphatic imine (C=N–C) groups is 1. The summed E-state index contributed by atoms with van der Waals surface area (Å²) in [6.07, 6.45) is 1.94. The zero-order chi connectivity index (χ0) is 22.0. The van der Waals surface area contributed by atoms with Gasteiger partial charge in [0.05, 0.1) is 31.7 Å². The highest BCUT2D eigenvalue weighted by atomic mass is 32.2. The van der Waals surface area contributed by atoms with E-state index in [0.717, 1.165) is 24.2 Å². The second-order valence-corrected chi connectivity index (χ2v) is 9.09. The molecule has 2 heterocycles. The molecule has 164 valence electrons. The SMILES string of the molecule is COc1ccc(OC)c(C2CCCN2C(=O)CCN=C2NS(=O)(=O)c3ccccc32)c1. The Bertz CT molecular complexity index is 1130. The van der Waals surface area contributed by atoms with Crippen LogP contribution in [0.3, 0.4) is 0 Å². The van der Waals surface area contributed by atoms with Crippen molar-refractivity contribution in [3.63, 3.8) is 0 Å². The topological polar surface area (TPSA) is 97.3 Å². The molecule has 2 aromatic carbocycles. The number of carbonyl (C=O) groups excluding carboxylic acids is 1. The third-order valence-electron chi connectivity index (χ3n) is 5.63. The van der Waals surface area contributed by atoms with Crippen molar-refractivity contribution in [2.45, 2.75) is 30.2 Å².